The lowest BCUT2D eigenvalue weighted by Gasteiger charge is -2.35. The van der Waals surface area contributed by atoms with Crippen LogP contribution in [0, 0.1) is 0 Å². The number of carbonyl (C=O) groups excluding carboxylic acids is 2. The van der Waals surface area contributed by atoms with Crippen LogP contribution in [0.5, 0.6) is 0 Å². The Bertz CT molecular complexity index is 784. The third-order valence-corrected chi connectivity index (χ3v) is 5.25. The molecule has 0 spiro atoms. The van der Waals surface area contributed by atoms with Gasteiger partial charge in [0, 0.05) is 45.3 Å². The second kappa shape index (κ2) is 10.6. The molecule has 154 valence electrons. The van der Waals surface area contributed by atoms with Crippen molar-refractivity contribution in [2.24, 2.45) is 0 Å². The molecule has 1 aliphatic heterocycles. The number of pyridine rings is 1. The van der Waals surface area contributed by atoms with Gasteiger partial charge < -0.3 is 15.1 Å². The monoisotopic (exact) mass is 394 g/mol. The summed E-state index contributed by atoms with van der Waals surface area (Å²) in [6, 6.07) is 13.8. The van der Waals surface area contributed by atoms with Gasteiger partial charge in [-0.3, -0.25) is 9.59 Å². The molecule has 1 N–H and O–H groups in total. The molecular formula is C23H30N4O2. The van der Waals surface area contributed by atoms with Crippen LogP contribution < -0.4 is 10.2 Å². The fourth-order valence-corrected chi connectivity index (χ4v) is 3.45. The number of carbonyl (C=O) groups is 2. The molecule has 1 aliphatic rings. The van der Waals surface area contributed by atoms with Crippen LogP contribution in [0.3, 0.4) is 0 Å². The van der Waals surface area contributed by atoms with Gasteiger partial charge in [-0.15, -0.1) is 0 Å². The second-order valence-corrected chi connectivity index (χ2v) is 7.37. The van der Waals surface area contributed by atoms with Crippen LogP contribution in [0.1, 0.15) is 42.1 Å². The number of aromatic nitrogens is 1. The normalized spacial score (nSPS) is 14.0. The highest BCUT2D eigenvalue weighted by atomic mass is 16.2. The summed E-state index contributed by atoms with van der Waals surface area (Å²) in [7, 11) is 0. The molecule has 2 aromatic rings. The molecule has 0 bridgehead atoms. The molecule has 3 rings (SSSR count). The van der Waals surface area contributed by atoms with Crippen LogP contribution in [0.15, 0.2) is 48.7 Å². The molecule has 0 unspecified atom stereocenters. The Kier molecular flexibility index (Phi) is 7.61. The first-order chi connectivity index (χ1) is 14.2. The number of hydrogen-bond donors (Lipinski definition) is 1. The van der Waals surface area contributed by atoms with Gasteiger partial charge in [-0.05, 0) is 30.5 Å². The summed E-state index contributed by atoms with van der Waals surface area (Å²) in [6.07, 6.45) is 5.07. The average Bonchev–Trinajstić information content (AvgIpc) is 2.78. The molecular weight excluding hydrogens is 364 g/mol. The van der Waals surface area contributed by atoms with Gasteiger partial charge in [0.1, 0.15) is 5.82 Å². The molecule has 6 heteroatoms. The molecule has 0 saturated carbocycles. The second-order valence-electron chi connectivity index (χ2n) is 7.37. The first-order valence-electron chi connectivity index (χ1n) is 10.5. The van der Waals surface area contributed by atoms with E-state index in [2.05, 4.69) is 34.3 Å². The van der Waals surface area contributed by atoms with Crippen molar-refractivity contribution in [1.82, 2.24) is 15.2 Å². The number of anilines is 1. The number of benzene rings is 1. The highest BCUT2D eigenvalue weighted by molar-refractivity contribution is 5.94. The molecule has 0 aliphatic carbocycles. The van der Waals surface area contributed by atoms with E-state index in [1.54, 1.807) is 6.20 Å². The maximum absolute atomic E-state index is 12.3. The van der Waals surface area contributed by atoms with E-state index < -0.39 is 0 Å². The van der Waals surface area contributed by atoms with E-state index >= 15 is 0 Å². The van der Waals surface area contributed by atoms with Gasteiger partial charge in [-0.1, -0.05) is 43.7 Å². The molecule has 0 radical (unpaired) electrons. The van der Waals surface area contributed by atoms with Gasteiger partial charge in [-0.2, -0.15) is 0 Å². The minimum Gasteiger partial charge on any atom is -0.353 e. The van der Waals surface area contributed by atoms with Crippen LogP contribution in [0.2, 0.25) is 0 Å². The van der Waals surface area contributed by atoms with Crippen LogP contribution >= 0.6 is 0 Å². The minimum absolute atomic E-state index is 0.105. The fraction of sp³-hybridized carbons (Fsp3) is 0.435. The van der Waals surface area contributed by atoms with Crippen LogP contribution in [-0.4, -0.2) is 54.4 Å². The van der Waals surface area contributed by atoms with Crippen LogP contribution in [0.4, 0.5) is 5.82 Å². The van der Waals surface area contributed by atoms with E-state index in [-0.39, 0.29) is 11.8 Å². The minimum atomic E-state index is -0.105. The Labute approximate surface area is 172 Å². The highest BCUT2D eigenvalue weighted by Gasteiger charge is 2.21. The SMILES string of the molecule is CCCCC(=O)N1CCN(c2ccc(C(=O)NCCc3ccccc3)cn2)CC1. The summed E-state index contributed by atoms with van der Waals surface area (Å²) in [5.74, 6) is 1.000. The van der Waals surface area contributed by atoms with Crippen molar-refractivity contribution in [3.05, 3.63) is 59.8 Å². The maximum atomic E-state index is 12.3. The lowest BCUT2D eigenvalue weighted by Crippen LogP contribution is -2.49. The van der Waals surface area contributed by atoms with Crippen molar-refractivity contribution in [3.63, 3.8) is 0 Å². The van der Waals surface area contributed by atoms with E-state index in [1.165, 1.54) is 5.56 Å². The van der Waals surface area contributed by atoms with Gasteiger partial charge in [-0.25, -0.2) is 4.98 Å². The van der Waals surface area contributed by atoms with E-state index in [9.17, 15) is 9.59 Å². The molecule has 1 saturated heterocycles. The van der Waals surface area contributed by atoms with Crippen LogP contribution in [0.25, 0.3) is 0 Å². The van der Waals surface area contributed by atoms with Crippen molar-refractivity contribution in [3.8, 4) is 0 Å². The van der Waals surface area contributed by atoms with E-state index in [0.29, 0.717) is 18.5 Å². The maximum Gasteiger partial charge on any atom is 0.252 e. The molecule has 2 heterocycles. The van der Waals surface area contributed by atoms with Crippen molar-refractivity contribution < 1.29 is 9.59 Å². The first kappa shape index (κ1) is 20.8. The lowest BCUT2D eigenvalue weighted by atomic mass is 10.1. The van der Waals surface area contributed by atoms with Gasteiger partial charge >= 0.3 is 0 Å². The number of piperazine rings is 1. The van der Waals surface area contributed by atoms with Crippen LogP contribution in [-0.2, 0) is 11.2 Å². The molecule has 2 amide bonds. The number of nitrogens with zero attached hydrogens (tertiary/aromatic N) is 3. The lowest BCUT2D eigenvalue weighted by molar-refractivity contribution is -0.131. The van der Waals surface area contributed by atoms with Gasteiger partial charge in [0.25, 0.3) is 5.91 Å². The molecule has 29 heavy (non-hydrogen) atoms. The third-order valence-electron chi connectivity index (χ3n) is 5.25. The molecule has 1 aromatic heterocycles. The molecule has 1 fully saturated rings. The predicted molar refractivity (Wildman–Crippen MR) is 115 cm³/mol. The first-order valence-corrected chi connectivity index (χ1v) is 10.5. The van der Waals surface area contributed by atoms with Crippen molar-refractivity contribution in [2.45, 2.75) is 32.6 Å². The van der Waals surface area contributed by atoms with Crippen molar-refractivity contribution in [2.75, 3.05) is 37.6 Å². The van der Waals surface area contributed by atoms with Crippen molar-refractivity contribution >= 4 is 17.6 Å². The number of nitrogens with one attached hydrogen (secondary N) is 1. The molecule has 0 atom stereocenters. The number of rotatable bonds is 8. The fourth-order valence-electron chi connectivity index (χ4n) is 3.45. The highest BCUT2D eigenvalue weighted by Crippen LogP contribution is 2.15. The average molecular weight is 395 g/mol. The summed E-state index contributed by atoms with van der Waals surface area (Å²) in [5.41, 5.74) is 1.77. The number of hydrogen-bond acceptors (Lipinski definition) is 4. The Morgan fingerprint density at radius 1 is 1.03 bits per heavy atom. The predicted octanol–water partition coefficient (Wildman–Crippen LogP) is 2.89. The van der Waals surface area contributed by atoms with Crippen molar-refractivity contribution in [1.29, 1.82) is 0 Å². The summed E-state index contributed by atoms with van der Waals surface area (Å²) >= 11 is 0. The standard InChI is InChI=1S/C23H30N4O2/c1-2-3-9-22(28)27-16-14-26(15-17-27)21-11-10-20(18-25-21)23(29)24-13-12-19-7-5-4-6-8-19/h4-8,10-11,18H,2-3,9,12-17H2,1H3,(H,24,29). The summed E-state index contributed by atoms with van der Waals surface area (Å²) in [5, 5.41) is 2.94. The number of unbranched alkanes of at least 4 members (excludes halogenated alkanes) is 1. The van der Waals surface area contributed by atoms with E-state index in [1.807, 2.05) is 35.2 Å². The van der Waals surface area contributed by atoms with Gasteiger partial charge in [0.2, 0.25) is 5.91 Å². The summed E-state index contributed by atoms with van der Waals surface area (Å²) in [4.78, 5) is 33.0. The molecule has 1 aromatic carbocycles. The Morgan fingerprint density at radius 3 is 2.45 bits per heavy atom. The number of amides is 2. The smallest absolute Gasteiger partial charge is 0.252 e. The summed E-state index contributed by atoms with van der Waals surface area (Å²) in [6.45, 7) is 5.70. The van der Waals surface area contributed by atoms with E-state index in [4.69, 9.17) is 0 Å². The summed E-state index contributed by atoms with van der Waals surface area (Å²) < 4.78 is 0. The molecule has 6 nitrogen and oxygen atoms in total. The van der Waals surface area contributed by atoms with E-state index in [0.717, 1.165) is 51.3 Å². The Morgan fingerprint density at radius 2 is 1.79 bits per heavy atom. The Balaban J connectivity index is 1.45. The largest absolute Gasteiger partial charge is 0.353 e. The van der Waals surface area contributed by atoms with Gasteiger partial charge in [0.05, 0.1) is 5.56 Å². The quantitative estimate of drug-likeness (QED) is 0.748. The zero-order chi connectivity index (χ0) is 20.5. The van der Waals surface area contributed by atoms with Gasteiger partial charge in [0.15, 0.2) is 0 Å². The third kappa shape index (κ3) is 6.04. The zero-order valence-corrected chi connectivity index (χ0v) is 17.1. The topological polar surface area (TPSA) is 65.5 Å². The Hall–Kier alpha value is -2.89. The zero-order valence-electron chi connectivity index (χ0n) is 17.1.